The van der Waals surface area contributed by atoms with Crippen LogP contribution >= 0.6 is 0 Å². The van der Waals surface area contributed by atoms with Crippen molar-refractivity contribution in [3.05, 3.63) is 71.8 Å². The van der Waals surface area contributed by atoms with Gasteiger partial charge in [-0.1, -0.05) is 67.6 Å². The lowest BCUT2D eigenvalue weighted by Crippen LogP contribution is -2.52. The Kier molecular flexibility index (Phi) is 7.49. The van der Waals surface area contributed by atoms with Gasteiger partial charge in [0.2, 0.25) is 0 Å². The maximum atomic E-state index is 12.4. The van der Waals surface area contributed by atoms with E-state index >= 15 is 0 Å². The Hall–Kier alpha value is -2.33. The molecule has 3 fully saturated rings. The molecule has 1 atom stereocenters. The molecule has 0 saturated carbocycles. The highest BCUT2D eigenvalue weighted by atomic mass is 16.6. The summed E-state index contributed by atoms with van der Waals surface area (Å²) in [4.78, 5) is 16.5. The normalized spacial score (nSPS) is 22.7. The lowest BCUT2D eigenvalue weighted by molar-refractivity contribution is -0.0424. The minimum atomic E-state index is -0.190. The molecule has 1 unspecified atom stereocenters. The number of piperidine rings is 3. The number of hydrogen-bond acceptors (Lipinski definition) is 3. The van der Waals surface area contributed by atoms with Crippen molar-refractivity contribution in [3.63, 3.8) is 0 Å². The van der Waals surface area contributed by atoms with Crippen LogP contribution in [0.5, 0.6) is 0 Å². The molecular weight excluding hydrogens is 348 g/mol. The summed E-state index contributed by atoms with van der Waals surface area (Å²) in [7, 11) is 1.83. The molecule has 28 heavy (non-hydrogen) atoms. The van der Waals surface area contributed by atoms with E-state index in [0.29, 0.717) is 12.5 Å². The van der Waals surface area contributed by atoms with Gasteiger partial charge in [-0.3, -0.25) is 4.90 Å². The molecule has 3 aliphatic heterocycles. The summed E-state index contributed by atoms with van der Waals surface area (Å²) in [6.07, 6.45) is 3.21. The van der Waals surface area contributed by atoms with Gasteiger partial charge >= 0.3 is 6.09 Å². The number of amides is 1. The third-order valence-corrected chi connectivity index (χ3v) is 5.73. The fraction of sp³-hybridized carbons (Fsp3) is 0.458. The van der Waals surface area contributed by atoms with Gasteiger partial charge in [0.15, 0.2) is 0 Å². The number of carbonyl (C=O) groups excluding carboxylic acids is 1. The van der Waals surface area contributed by atoms with Gasteiger partial charge < -0.3 is 9.64 Å². The van der Waals surface area contributed by atoms with Gasteiger partial charge in [-0.05, 0) is 49.4 Å². The molecule has 3 aliphatic rings. The highest BCUT2D eigenvalue weighted by molar-refractivity contribution is 5.67. The Morgan fingerprint density at radius 1 is 1.00 bits per heavy atom. The van der Waals surface area contributed by atoms with Gasteiger partial charge in [0, 0.05) is 20.1 Å². The van der Waals surface area contributed by atoms with E-state index in [1.165, 1.54) is 37.1 Å². The van der Waals surface area contributed by atoms with Gasteiger partial charge in [-0.25, -0.2) is 4.79 Å². The molecule has 0 aromatic heterocycles. The maximum absolute atomic E-state index is 12.4. The zero-order chi connectivity index (χ0) is 19.8. The molecule has 4 nitrogen and oxygen atoms in total. The molecule has 3 saturated heterocycles. The second-order valence-electron chi connectivity index (χ2n) is 7.69. The Morgan fingerprint density at radius 3 is 2.07 bits per heavy atom. The number of nitrogens with zero attached hydrogens (tertiary/aromatic N) is 2. The summed E-state index contributed by atoms with van der Waals surface area (Å²) in [5.74, 6) is 0.560. The van der Waals surface area contributed by atoms with Gasteiger partial charge in [0.1, 0.15) is 6.10 Å². The van der Waals surface area contributed by atoms with E-state index in [1.807, 2.05) is 55.6 Å². The summed E-state index contributed by atoms with van der Waals surface area (Å²) < 4.78 is 5.78. The zero-order valence-electron chi connectivity index (χ0n) is 17.1. The van der Waals surface area contributed by atoms with Crippen LogP contribution in [0.3, 0.4) is 0 Å². The van der Waals surface area contributed by atoms with E-state index in [4.69, 9.17) is 4.74 Å². The number of fused-ring (bicyclic) bond motifs is 3. The first-order valence-electron chi connectivity index (χ1n) is 10.4. The van der Waals surface area contributed by atoms with Crippen molar-refractivity contribution in [2.24, 2.45) is 5.92 Å². The van der Waals surface area contributed by atoms with Crippen molar-refractivity contribution < 1.29 is 9.53 Å². The molecule has 0 N–H and O–H groups in total. The van der Waals surface area contributed by atoms with E-state index in [-0.39, 0.29) is 12.2 Å². The van der Waals surface area contributed by atoms with Crippen LogP contribution in [0.2, 0.25) is 0 Å². The fourth-order valence-electron chi connectivity index (χ4n) is 4.03. The number of ether oxygens (including phenoxy) is 1. The largest absolute Gasteiger partial charge is 0.444 e. The molecule has 2 aromatic rings. The van der Waals surface area contributed by atoms with Gasteiger partial charge in [-0.2, -0.15) is 0 Å². The smallest absolute Gasteiger partial charge is 0.410 e. The predicted octanol–water partition coefficient (Wildman–Crippen LogP) is 4.60. The van der Waals surface area contributed by atoms with Crippen molar-refractivity contribution in [2.75, 3.05) is 26.7 Å². The maximum Gasteiger partial charge on any atom is 0.410 e. The van der Waals surface area contributed by atoms with Gasteiger partial charge in [-0.15, -0.1) is 0 Å². The summed E-state index contributed by atoms with van der Waals surface area (Å²) in [5.41, 5.74) is 2.50. The summed E-state index contributed by atoms with van der Waals surface area (Å²) in [6, 6.07) is 20.3. The fourth-order valence-corrected chi connectivity index (χ4v) is 4.03. The first-order chi connectivity index (χ1) is 13.7. The number of rotatable bonds is 4. The SMILES string of the molecule is CCc1ccccc1CN(C)C(=O)OC1CN2CCC1CC2.c1ccccc1. The van der Waals surface area contributed by atoms with Crippen LogP contribution in [0.25, 0.3) is 0 Å². The lowest BCUT2D eigenvalue weighted by Gasteiger charge is -2.44. The average Bonchev–Trinajstić information content (AvgIpc) is 2.76. The van der Waals surface area contributed by atoms with E-state index in [9.17, 15) is 4.79 Å². The Bertz CT molecular complexity index is 700. The van der Waals surface area contributed by atoms with Crippen molar-refractivity contribution in [2.45, 2.75) is 38.8 Å². The number of hydrogen-bond donors (Lipinski definition) is 0. The van der Waals surface area contributed by atoms with Crippen LogP contribution in [-0.4, -0.2) is 48.7 Å². The van der Waals surface area contributed by atoms with Crippen molar-refractivity contribution in [1.82, 2.24) is 9.80 Å². The molecule has 0 radical (unpaired) electrons. The third-order valence-electron chi connectivity index (χ3n) is 5.73. The first-order valence-corrected chi connectivity index (χ1v) is 10.4. The van der Waals surface area contributed by atoms with Crippen molar-refractivity contribution >= 4 is 6.09 Å². The molecule has 150 valence electrons. The van der Waals surface area contributed by atoms with Crippen molar-refractivity contribution in [1.29, 1.82) is 0 Å². The average molecular weight is 381 g/mol. The Balaban J connectivity index is 0.000000320. The van der Waals surface area contributed by atoms with Crippen LogP contribution in [0.15, 0.2) is 60.7 Å². The standard InChI is InChI=1S/C18H26N2O2.C6H6/c1-3-14-6-4-5-7-16(14)12-19(2)18(21)22-17-13-20-10-8-15(17)9-11-20;1-2-4-6-5-3-1/h4-7,15,17H,3,8-13H2,1-2H3;1-6H. The molecule has 2 bridgehead atoms. The van der Waals surface area contributed by atoms with Crippen LogP contribution in [-0.2, 0) is 17.7 Å². The zero-order valence-corrected chi connectivity index (χ0v) is 17.1. The van der Waals surface area contributed by atoms with E-state index in [0.717, 1.165) is 13.0 Å². The second kappa shape index (κ2) is 10.3. The van der Waals surface area contributed by atoms with E-state index < -0.39 is 0 Å². The predicted molar refractivity (Wildman–Crippen MR) is 113 cm³/mol. The van der Waals surface area contributed by atoms with E-state index in [2.05, 4.69) is 24.0 Å². The highest BCUT2D eigenvalue weighted by Crippen LogP contribution is 2.29. The quantitative estimate of drug-likeness (QED) is 0.777. The Labute approximate surface area is 169 Å². The van der Waals surface area contributed by atoms with Crippen LogP contribution in [0.1, 0.15) is 30.9 Å². The van der Waals surface area contributed by atoms with Crippen molar-refractivity contribution in [3.8, 4) is 0 Å². The molecule has 5 rings (SSSR count). The van der Waals surface area contributed by atoms with Crippen LogP contribution in [0, 0.1) is 5.92 Å². The molecule has 0 aliphatic carbocycles. The third kappa shape index (κ3) is 5.59. The molecule has 0 spiro atoms. The minimum Gasteiger partial charge on any atom is -0.444 e. The molecule has 2 aromatic carbocycles. The first kappa shape index (κ1) is 20.4. The minimum absolute atomic E-state index is 0.0823. The molecule has 1 amide bonds. The number of benzene rings is 2. The van der Waals surface area contributed by atoms with Crippen LogP contribution < -0.4 is 0 Å². The number of carbonyl (C=O) groups is 1. The van der Waals surface area contributed by atoms with Gasteiger partial charge in [0.05, 0.1) is 0 Å². The molecular formula is C24H32N2O2. The molecule has 3 heterocycles. The summed E-state index contributed by atoms with van der Waals surface area (Å²) in [5, 5.41) is 0. The van der Waals surface area contributed by atoms with E-state index in [1.54, 1.807) is 4.90 Å². The highest BCUT2D eigenvalue weighted by Gasteiger charge is 2.36. The summed E-state index contributed by atoms with van der Waals surface area (Å²) >= 11 is 0. The van der Waals surface area contributed by atoms with Crippen LogP contribution in [0.4, 0.5) is 4.79 Å². The van der Waals surface area contributed by atoms with Gasteiger partial charge in [0.25, 0.3) is 0 Å². The summed E-state index contributed by atoms with van der Waals surface area (Å²) in [6.45, 7) is 6.00. The monoisotopic (exact) mass is 380 g/mol. The second-order valence-corrected chi connectivity index (χ2v) is 7.69. The lowest BCUT2D eigenvalue weighted by atomic mass is 9.86. The molecule has 4 heteroatoms. The Morgan fingerprint density at radius 2 is 1.57 bits per heavy atom. The number of aryl methyl sites for hydroxylation is 1. The topological polar surface area (TPSA) is 32.8 Å².